The van der Waals surface area contributed by atoms with Crippen molar-refractivity contribution in [2.45, 2.75) is 32.0 Å². The van der Waals surface area contributed by atoms with Crippen LogP contribution in [0.25, 0.3) is 0 Å². The first-order valence-corrected chi connectivity index (χ1v) is 5.12. The van der Waals surface area contributed by atoms with Crippen molar-refractivity contribution in [3.05, 3.63) is 48.0 Å². The summed E-state index contributed by atoms with van der Waals surface area (Å²) in [4.78, 5) is 0. The minimum Gasteiger partial charge on any atom is -0.365 e. The number of ether oxygens (including phenoxy) is 1. The van der Waals surface area contributed by atoms with Crippen molar-refractivity contribution < 1.29 is 4.74 Å². The van der Waals surface area contributed by atoms with Crippen LogP contribution in [0.2, 0.25) is 0 Å². The fraction of sp³-hybridized carbons (Fsp3) is 0.385. The topological polar surface area (TPSA) is 12.5 Å². The molecule has 0 amide bonds. The number of rotatable bonds is 4. The van der Waals surface area contributed by atoms with Gasteiger partial charge in [-0.3, -0.25) is 0 Å². The van der Waals surface area contributed by atoms with Gasteiger partial charge in [-0.2, -0.15) is 0 Å². The van der Waals surface area contributed by atoms with Gasteiger partial charge in [0.05, 0.1) is 6.10 Å². The molecule has 0 aliphatic carbocycles. The quantitative estimate of drug-likeness (QED) is 0.522. The van der Waals surface area contributed by atoms with Crippen molar-refractivity contribution in [3.8, 4) is 0 Å². The summed E-state index contributed by atoms with van der Waals surface area (Å²) in [5, 5.41) is 0. The van der Waals surface area contributed by atoms with E-state index < -0.39 is 0 Å². The lowest BCUT2D eigenvalue weighted by Gasteiger charge is -1.97. The zero-order valence-electron chi connectivity index (χ0n) is 8.57. The maximum Gasteiger partial charge on any atom is 0.105 e. The monoisotopic (exact) mass is 188 g/mol. The van der Waals surface area contributed by atoms with Gasteiger partial charge in [0.2, 0.25) is 0 Å². The van der Waals surface area contributed by atoms with Crippen molar-refractivity contribution in [1.82, 2.24) is 0 Å². The zero-order chi connectivity index (χ0) is 9.97. The molecule has 1 heteroatoms. The molecule has 1 aliphatic heterocycles. The average Bonchev–Trinajstić information content (AvgIpc) is 2.96. The molecule has 2 atom stereocenters. The molecule has 0 spiro atoms. The van der Waals surface area contributed by atoms with Gasteiger partial charge >= 0.3 is 0 Å². The van der Waals surface area contributed by atoms with E-state index in [0.717, 1.165) is 18.4 Å². The van der Waals surface area contributed by atoms with E-state index in [9.17, 15) is 0 Å². The zero-order valence-corrected chi connectivity index (χ0v) is 8.57. The van der Waals surface area contributed by atoms with Crippen LogP contribution < -0.4 is 0 Å². The van der Waals surface area contributed by atoms with Crippen LogP contribution in [-0.2, 0) is 11.2 Å². The second kappa shape index (κ2) is 3.97. The van der Waals surface area contributed by atoms with E-state index in [1.807, 2.05) is 13.0 Å². The molecular formula is C13H16O. The van der Waals surface area contributed by atoms with E-state index in [1.54, 1.807) is 0 Å². The van der Waals surface area contributed by atoms with Crippen molar-refractivity contribution >= 4 is 0 Å². The van der Waals surface area contributed by atoms with Crippen LogP contribution in [-0.4, -0.2) is 12.2 Å². The van der Waals surface area contributed by atoms with Crippen LogP contribution in [0.1, 0.15) is 18.9 Å². The van der Waals surface area contributed by atoms with Crippen LogP contribution in [0, 0.1) is 0 Å². The Labute approximate surface area is 85.4 Å². The Bertz CT molecular complexity index is 315. The lowest BCUT2D eigenvalue weighted by molar-refractivity contribution is 0.375. The third kappa shape index (κ3) is 2.24. The lowest BCUT2D eigenvalue weighted by Crippen LogP contribution is -1.96. The van der Waals surface area contributed by atoms with Gasteiger partial charge in [0, 0.05) is 0 Å². The molecule has 0 bridgehead atoms. The summed E-state index contributed by atoms with van der Waals surface area (Å²) in [5.41, 5.74) is 2.55. The van der Waals surface area contributed by atoms with E-state index >= 15 is 0 Å². The maximum atomic E-state index is 5.50. The molecule has 1 nitrogen and oxygen atoms in total. The SMILES string of the molecule is C=C(C)[C@@H]1O[C@H]1CCc1ccccc1. The standard InChI is InChI=1S/C13H16O/c1-10(2)13-12(14-13)9-8-11-6-4-3-5-7-11/h3-7,12-13H,1,8-9H2,2H3/t12-,13-/m0/s1. The van der Waals surface area contributed by atoms with Gasteiger partial charge in [-0.25, -0.2) is 0 Å². The van der Waals surface area contributed by atoms with E-state index in [0.29, 0.717) is 12.2 Å². The molecule has 0 aromatic heterocycles. The van der Waals surface area contributed by atoms with Gasteiger partial charge in [-0.1, -0.05) is 36.9 Å². The molecule has 0 radical (unpaired) electrons. The molecule has 0 saturated carbocycles. The number of aryl methyl sites for hydroxylation is 1. The van der Waals surface area contributed by atoms with Crippen LogP contribution in [0.3, 0.4) is 0 Å². The lowest BCUT2D eigenvalue weighted by atomic mass is 10.1. The van der Waals surface area contributed by atoms with E-state index in [2.05, 4.69) is 30.8 Å². The van der Waals surface area contributed by atoms with Crippen LogP contribution >= 0.6 is 0 Å². The molecule has 14 heavy (non-hydrogen) atoms. The third-order valence-electron chi connectivity index (χ3n) is 2.63. The van der Waals surface area contributed by atoms with Crippen LogP contribution in [0.5, 0.6) is 0 Å². The van der Waals surface area contributed by atoms with Gasteiger partial charge in [-0.05, 0) is 30.9 Å². The van der Waals surface area contributed by atoms with E-state index in [4.69, 9.17) is 4.74 Å². The molecule has 1 saturated heterocycles. The first-order valence-electron chi connectivity index (χ1n) is 5.12. The summed E-state index contributed by atoms with van der Waals surface area (Å²) in [6, 6.07) is 10.5. The van der Waals surface area contributed by atoms with E-state index in [-0.39, 0.29) is 0 Å². The predicted octanol–water partition coefficient (Wildman–Crippen LogP) is 2.96. The highest BCUT2D eigenvalue weighted by atomic mass is 16.6. The number of epoxide rings is 1. The summed E-state index contributed by atoms with van der Waals surface area (Å²) >= 11 is 0. The molecule has 74 valence electrons. The predicted molar refractivity (Wildman–Crippen MR) is 58.2 cm³/mol. The fourth-order valence-corrected chi connectivity index (χ4v) is 1.75. The van der Waals surface area contributed by atoms with Crippen molar-refractivity contribution in [2.24, 2.45) is 0 Å². The van der Waals surface area contributed by atoms with Crippen LogP contribution in [0.15, 0.2) is 42.5 Å². The van der Waals surface area contributed by atoms with Crippen molar-refractivity contribution in [3.63, 3.8) is 0 Å². The minimum absolute atomic E-state index is 0.332. The van der Waals surface area contributed by atoms with Gasteiger partial charge < -0.3 is 4.74 Å². The molecule has 1 aromatic rings. The van der Waals surface area contributed by atoms with Crippen molar-refractivity contribution in [1.29, 1.82) is 0 Å². The second-order valence-electron chi connectivity index (χ2n) is 3.97. The normalized spacial score (nSPS) is 24.6. The van der Waals surface area contributed by atoms with E-state index in [1.165, 1.54) is 5.56 Å². The van der Waals surface area contributed by atoms with Gasteiger partial charge in [0.25, 0.3) is 0 Å². The summed E-state index contributed by atoms with van der Waals surface area (Å²) in [5.74, 6) is 0. The fourth-order valence-electron chi connectivity index (χ4n) is 1.75. The molecular weight excluding hydrogens is 172 g/mol. The highest BCUT2D eigenvalue weighted by molar-refractivity contribution is 5.16. The Morgan fingerprint density at radius 1 is 1.36 bits per heavy atom. The maximum absolute atomic E-state index is 5.50. The minimum atomic E-state index is 0.332. The summed E-state index contributed by atoms with van der Waals surface area (Å²) in [6.45, 7) is 5.93. The first kappa shape index (κ1) is 9.47. The highest BCUT2D eigenvalue weighted by Gasteiger charge is 2.38. The number of hydrogen-bond donors (Lipinski definition) is 0. The largest absolute Gasteiger partial charge is 0.365 e. The Balaban J connectivity index is 1.77. The van der Waals surface area contributed by atoms with Crippen molar-refractivity contribution in [2.75, 3.05) is 0 Å². The molecule has 1 fully saturated rings. The van der Waals surface area contributed by atoms with Gasteiger partial charge in [0.15, 0.2) is 0 Å². The highest BCUT2D eigenvalue weighted by Crippen LogP contribution is 2.31. The van der Waals surface area contributed by atoms with Crippen LogP contribution in [0.4, 0.5) is 0 Å². The smallest absolute Gasteiger partial charge is 0.105 e. The average molecular weight is 188 g/mol. The second-order valence-corrected chi connectivity index (χ2v) is 3.97. The number of benzene rings is 1. The molecule has 2 rings (SSSR count). The van der Waals surface area contributed by atoms with Gasteiger partial charge in [0.1, 0.15) is 6.10 Å². The Morgan fingerprint density at radius 2 is 2.07 bits per heavy atom. The Morgan fingerprint density at radius 3 is 2.64 bits per heavy atom. The molecule has 0 N–H and O–H groups in total. The third-order valence-corrected chi connectivity index (χ3v) is 2.63. The summed E-state index contributed by atoms with van der Waals surface area (Å²) < 4.78 is 5.50. The number of hydrogen-bond acceptors (Lipinski definition) is 1. The van der Waals surface area contributed by atoms with Gasteiger partial charge in [-0.15, -0.1) is 0 Å². The molecule has 1 aliphatic rings. The summed E-state index contributed by atoms with van der Waals surface area (Å²) in [7, 11) is 0. The summed E-state index contributed by atoms with van der Waals surface area (Å²) in [6.07, 6.45) is 2.98. The molecule has 1 heterocycles. The molecule has 0 unspecified atom stereocenters. The Hall–Kier alpha value is -1.08. The Kier molecular flexibility index (Phi) is 2.69. The first-order chi connectivity index (χ1) is 6.77. The molecule has 1 aromatic carbocycles.